The van der Waals surface area contributed by atoms with E-state index in [9.17, 15) is 13.2 Å². The SMILES string of the molecule is CS(=O)(=O)C(Cc1ccccn1)C(=O)O. The summed E-state index contributed by atoms with van der Waals surface area (Å²) in [6.07, 6.45) is 2.31. The van der Waals surface area contributed by atoms with Gasteiger partial charge in [-0.25, -0.2) is 8.42 Å². The second-order valence-corrected chi connectivity index (χ2v) is 5.41. The first-order valence-corrected chi connectivity index (χ1v) is 6.18. The van der Waals surface area contributed by atoms with Gasteiger partial charge in [0.15, 0.2) is 15.1 Å². The molecule has 6 heteroatoms. The molecule has 82 valence electrons. The van der Waals surface area contributed by atoms with Crippen molar-refractivity contribution in [2.24, 2.45) is 0 Å². The van der Waals surface area contributed by atoms with Gasteiger partial charge in [0.05, 0.1) is 0 Å². The van der Waals surface area contributed by atoms with Crippen LogP contribution in [-0.4, -0.2) is 36.0 Å². The van der Waals surface area contributed by atoms with Crippen LogP contribution in [0.3, 0.4) is 0 Å². The molecular weight excluding hydrogens is 218 g/mol. The average molecular weight is 229 g/mol. The van der Waals surface area contributed by atoms with Crippen molar-refractivity contribution in [1.29, 1.82) is 0 Å². The second-order valence-electron chi connectivity index (χ2n) is 3.18. The third-order valence-electron chi connectivity index (χ3n) is 1.91. The second kappa shape index (κ2) is 4.39. The third kappa shape index (κ3) is 3.32. The Morgan fingerprint density at radius 1 is 1.53 bits per heavy atom. The fraction of sp³-hybridized carbons (Fsp3) is 0.333. The lowest BCUT2D eigenvalue weighted by molar-refractivity contribution is -0.136. The van der Waals surface area contributed by atoms with Gasteiger partial charge in [0.1, 0.15) is 0 Å². The van der Waals surface area contributed by atoms with Gasteiger partial charge in [-0.05, 0) is 12.1 Å². The van der Waals surface area contributed by atoms with Crippen LogP contribution in [0, 0.1) is 0 Å². The van der Waals surface area contributed by atoms with Crippen LogP contribution >= 0.6 is 0 Å². The first-order chi connectivity index (χ1) is 6.91. The Hall–Kier alpha value is -1.43. The minimum absolute atomic E-state index is 0.102. The van der Waals surface area contributed by atoms with E-state index in [1.165, 1.54) is 6.20 Å². The summed E-state index contributed by atoms with van der Waals surface area (Å²) in [6, 6.07) is 4.96. The largest absolute Gasteiger partial charge is 0.480 e. The van der Waals surface area contributed by atoms with E-state index in [1.807, 2.05) is 0 Å². The Morgan fingerprint density at radius 2 is 2.20 bits per heavy atom. The van der Waals surface area contributed by atoms with Crippen LogP contribution in [0.4, 0.5) is 0 Å². The van der Waals surface area contributed by atoms with Crippen LogP contribution in [0.1, 0.15) is 5.69 Å². The zero-order valence-corrected chi connectivity index (χ0v) is 8.94. The lowest BCUT2D eigenvalue weighted by atomic mass is 10.2. The number of carboxylic acid groups (broad SMARTS) is 1. The monoisotopic (exact) mass is 229 g/mol. The van der Waals surface area contributed by atoms with Gasteiger partial charge in [-0.15, -0.1) is 0 Å². The molecule has 1 atom stereocenters. The van der Waals surface area contributed by atoms with E-state index in [0.29, 0.717) is 5.69 Å². The Bertz CT molecular complexity index is 440. The summed E-state index contributed by atoms with van der Waals surface area (Å²) < 4.78 is 22.3. The molecule has 1 unspecified atom stereocenters. The number of hydrogen-bond donors (Lipinski definition) is 1. The van der Waals surface area contributed by atoms with Crippen LogP contribution in [0.15, 0.2) is 24.4 Å². The normalized spacial score (nSPS) is 13.4. The Balaban J connectivity index is 2.92. The topological polar surface area (TPSA) is 84.3 Å². The molecule has 0 saturated carbocycles. The van der Waals surface area contributed by atoms with Crippen LogP contribution in [0.25, 0.3) is 0 Å². The van der Waals surface area contributed by atoms with Crippen molar-refractivity contribution >= 4 is 15.8 Å². The maximum Gasteiger partial charge on any atom is 0.322 e. The molecule has 1 N–H and O–H groups in total. The van der Waals surface area contributed by atoms with Gasteiger partial charge in [-0.1, -0.05) is 6.07 Å². The zero-order chi connectivity index (χ0) is 11.5. The molecule has 0 aliphatic heterocycles. The van der Waals surface area contributed by atoms with Crippen molar-refractivity contribution < 1.29 is 18.3 Å². The lowest BCUT2D eigenvalue weighted by Crippen LogP contribution is -2.31. The fourth-order valence-electron chi connectivity index (χ4n) is 1.13. The van der Waals surface area contributed by atoms with E-state index in [1.54, 1.807) is 18.2 Å². The number of hydrogen-bond acceptors (Lipinski definition) is 4. The molecule has 1 heterocycles. The number of aromatic nitrogens is 1. The highest BCUT2D eigenvalue weighted by Crippen LogP contribution is 2.07. The maximum atomic E-state index is 11.2. The van der Waals surface area contributed by atoms with Crippen molar-refractivity contribution in [3.05, 3.63) is 30.1 Å². The minimum Gasteiger partial charge on any atom is -0.480 e. The molecule has 1 rings (SSSR count). The number of carboxylic acids is 1. The van der Waals surface area contributed by atoms with Crippen LogP contribution < -0.4 is 0 Å². The highest BCUT2D eigenvalue weighted by molar-refractivity contribution is 7.92. The highest BCUT2D eigenvalue weighted by Gasteiger charge is 2.28. The van der Waals surface area contributed by atoms with Crippen LogP contribution in [0.2, 0.25) is 0 Å². The highest BCUT2D eigenvalue weighted by atomic mass is 32.2. The summed E-state index contributed by atoms with van der Waals surface area (Å²) in [5.41, 5.74) is 0.454. The zero-order valence-electron chi connectivity index (χ0n) is 8.12. The summed E-state index contributed by atoms with van der Waals surface area (Å²) in [7, 11) is -3.60. The van der Waals surface area contributed by atoms with Crippen molar-refractivity contribution in [2.75, 3.05) is 6.26 Å². The smallest absolute Gasteiger partial charge is 0.322 e. The standard InChI is InChI=1S/C9H11NO4S/c1-15(13,14)8(9(11)12)6-7-4-2-3-5-10-7/h2-5,8H,6H2,1H3,(H,11,12). The molecule has 0 aliphatic rings. The predicted octanol–water partition coefficient (Wildman–Crippen LogP) is 0.122. The van der Waals surface area contributed by atoms with E-state index in [2.05, 4.69) is 4.98 Å². The summed E-state index contributed by atoms with van der Waals surface area (Å²) in [6.45, 7) is 0. The molecule has 0 bridgehead atoms. The summed E-state index contributed by atoms with van der Waals surface area (Å²) >= 11 is 0. The van der Waals surface area contributed by atoms with Gasteiger partial charge in [-0.3, -0.25) is 9.78 Å². The van der Waals surface area contributed by atoms with Crippen LogP contribution in [-0.2, 0) is 21.1 Å². The van der Waals surface area contributed by atoms with Crippen molar-refractivity contribution in [3.63, 3.8) is 0 Å². The van der Waals surface area contributed by atoms with E-state index in [4.69, 9.17) is 5.11 Å². The molecule has 0 aliphatic carbocycles. The third-order valence-corrected chi connectivity index (χ3v) is 3.31. The van der Waals surface area contributed by atoms with Crippen molar-refractivity contribution in [1.82, 2.24) is 4.98 Å². The molecule has 0 radical (unpaired) electrons. The lowest BCUT2D eigenvalue weighted by Gasteiger charge is -2.08. The molecular formula is C9H11NO4S. The van der Waals surface area contributed by atoms with E-state index in [-0.39, 0.29) is 6.42 Å². The quantitative estimate of drug-likeness (QED) is 0.792. The molecule has 5 nitrogen and oxygen atoms in total. The first kappa shape index (κ1) is 11.6. The molecule has 1 aromatic heterocycles. The van der Waals surface area contributed by atoms with Gasteiger partial charge < -0.3 is 5.11 Å². The van der Waals surface area contributed by atoms with E-state index < -0.39 is 21.1 Å². The Kier molecular flexibility index (Phi) is 3.41. The molecule has 0 aromatic carbocycles. The van der Waals surface area contributed by atoms with Crippen molar-refractivity contribution in [3.8, 4) is 0 Å². The van der Waals surface area contributed by atoms with E-state index in [0.717, 1.165) is 6.26 Å². The van der Waals surface area contributed by atoms with Gasteiger partial charge in [0.25, 0.3) is 0 Å². The van der Waals surface area contributed by atoms with Gasteiger partial charge in [0.2, 0.25) is 0 Å². The summed E-state index contributed by atoms with van der Waals surface area (Å²) in [5.74, 6) is -1.34. The van der Waals surface area contributed by atoms with Gasteiger partial charge in [0, 0.05) is 24.6 Å². The summed E-state index contributed by atoms with van der Waals surface area (Å²) in [4.78, 5) is 14.6. The molecule has 0 spiro atoms. The number of rotatable bonds is 4. The number of sulfone groups is 1. The molecule has 0 saturated heterocycles. The summed E-state index contributed by atoms with van der Waals surface area (Å²) in [5, 5.41) is 7.34. The van der Waals surface area contributed by atoms with Crippen molar-refractivity contribution in [2.45, 2.75) is 11.7 Å². The molecule has 0 amide bonds. The molecule has 1 aromatic rings. The maximum absolute atomic E-state index is 11.2. The molecule has 15 heavy (non-hydrogen) atoms. The predicted molar refractivity (Wildman–Crippen MR) is 54.2 cm³/mol. The van der Waals surface area contributed by atoms with Crippen LogP contribution in [0.5, 0.6) is 0 Å². The molecule has 0 fully saturated rings. The minimum atomic E-state index is -3.60. The fourth-order valence-corrected chi connectivity index (χ4v) is 1.97. The number of carbonyl (C=O) groups is 1. The Morgan fingerprint density at radius 3 is 2.60 bits per heavy atom. The number of nitrogens with zero attached hydrogens (tertiary/aromatic N) is 1. The average Bonchev–Trinajstić information content (AvgIpc) is 2.13. The van der Waals surface area contributed by atoms with Gasteiger partial charge >= 0.3 is 5.97 Å². The van der Waals surface area contributed by atoms with E-state index >= 15 is 0 Å². The van der Waals surface area contributed by atoms with Gasteiger partial charge in [-0.2, -0.15) is 0 Å². The Labute approximate surface area is 87.7 Å². The first-order valence-electron chi connectivity index (χ1n) is 4.23. The number of pyridine rings is 1. The number of aliphatic carboxylic acids is 1.